The highest BCUT2D eigenvalue weighted by molar-refractivity contribution is 5.85. The van der Waals surface area contributed by atoms with E-state index in [9.17, 15) is 14.0 Å². The fourth-order valence-corrected chi connectivity index (χ4v) is 3.37. The van der Waals surface area contributed by atoms with Crippen LogP contribution in [0.5, 0.6) is 0 Å². The van der Waals surface area contributed by atoms with Gasteiger partial charge in [-0.1, -0.05) is 25.0 Å². The molecule has 1 aromatic rings. The zero-order chi connectivity index (χ0) is 17.8. The number of anilines is 1. The Morgan fingerprint density at radius 3 is 2.92 bits per heavy atom. The monoisotopic (exact) mass is 346 g/mol. The van der Waals surface area contributed by atoms with Gasteiger partial charge in [0.2, 0.25) is 5.91 Å². The van der Waals surface area contributed by atoms with Crippen molar-refractivity contribution in [3.8, 4) is 0 Å². The van der Waals surface area contributed by atoms with Gasteiger partial charge >= 0.3 is 6.09 Å². The molecule has 2 aliphatic rings. The minimum atomic E-state index is -0.719. The average molecular weight is 346 g/mol. The standard InChI is InChI=1S/C19H23FN2O3/c1-25-19(24)22-17-11-13(7-9-16(17)20)14(8-6-12-4-5-12)15-3-2-10-21-18(15)23/h2,7,9-12,14-15H,3-6,8H2,1H3,(H,21,23)(H,22,24). The van der Waals surface area contributed by atoms with Gasteiger partial charge in [-0.2, -0.15) is 0 Å². The molecule has 25 heavy (non-hydrogen) atoms. The Balaban J connectivity index is 1.85. The fourth-order valence-electron chi connectivity index (χ4n) is 3.37. The van der Waals surface area contributed by atoms with Crippen LogP contribution in [0.1, 0.15) is 43.6 Å². The number of hydrogen-bond acceptors (Lipinski definition) is 3. The van der Waals surface area contributed by atoms with Crippen molar-refractivity contribution < 1.29 is 18.7 Å². The molecule has 0 bridgehead atoms. The van der Waals surface area contributed by atoms with E-state index >= 15 is 0 Å². The second-order valence-electron chi connectivity index (χ2n) is 6.74. The maximum atomic E-state index is 14.0. The van der Waals surface area contributed by atoms with E-state index in [1.165, 1.54) is 26.0 Å². The number of carbonyl (C=O) groups excluding carboxylic acids is 2. The summed E-state index contributed by atoms with van der Waals surface area (Å²) >= 11 is 0. The van der Waals surface area contributed by atoms with Gasteiger partial charge in [0.25, 0.3) is 0 Å². The maximum absolute atomic E-state index is 14.0. The number of benzene rings is 1. The number of carbonyl (C=O) groups is 2. The summed E-state index contributed by atoms with van der Waals surface area (Å²) in [6, 6.07) is 4.66. The molecule has 1 saturated carbocycles. The lowest BCUT2D eigenvalue weighted by Gasteiger charge is -2.28. The first-order valence-electron chi connectivity index (χ1n) is 8.68. The number of ether oxygens (including phenoxy) is 1. The number of nitrogens with one attached hydrogen (secondary N) is 2. The van der Waals surface area contributed by atoms with Crippen molar-refractivity contribution in [1.29, 1.82) is 0 Å². The zero-order valence-corrected chi connectivity index (χ0v) is 14.3. The van der Waals surface area contributed by atoms with E-state index in [4.69, 9.17) is 0 Å². The summed E-state index contributed by atoms with van der Waals surface area (Å²) in [7, 11) is 1.23. The summed E-state index contributed by atoms with van der Waals surface area (Å²) in [5.74, 6) is 0.0283. The van der Waals surface area contributed by atoms with E-state index in [1.807, 2.05) is 6.08 Å². The number of hydrogen-bond donors (Lipinski definition) is 2. The van der Waals surface area contributed by atoms with Crippen molar-refractivity contribution in [1.82, 2.24) is 5.32 Å². The van der Waals surface area contributed by atoms with Crippen molar-refractivity contribution in [2.75, 3.05) is 12.4 Å². The van der Waals surface area contributed by atoms with Crippen LogP contribution < -0.4 is 10.6 Å². The predicted octanol–water partition coefficient (Wildman–Crippen LogP) is 3.93. The minimum Gasteiger partial charge on any atom is -0.453 e. The lowest BCUT2D eigenvalue weighted by molar-refractivity contribution is -0.125. The molecule has 1 aliphatic heterocycles. The normalized spacial score (nSPS) is 20.7. The lowest BCUT2D eigenvalue weighted by atomic mass is 9.79. The Labute approximate surface area is 146 Å². The van der Waals surface area contributed by atoms with Gasteiger partial charge in [0.1, 0.15) is 5.82 Å². The molecule has 0 aromatic heterocycles. The number of methoxy groups -OCH3 is 1. The summed E-state index contributed by atoms with van der Waals surface area (Å²) in [4.78, 5) is 23.7. The Bertz CT molecular complexity index is 685. The van der Waals surface area contributed by atoms with E-state index in [-0.39, 0.29) is 23.4 Å². The number of amides is 2. The molecular weight excluding hydrogens is 323 g/mol. The predicted molar refractivity (Wildman–Crippen MR) is 92.5 cm³/mol. The Morgan fingerprint density at radius 2 is 2.24 bits per heavy atom. The molecule has 5 nitrogen and oxygen atoms in total. The van der Waals surface area contributed by atoms with Crippen molar-refractivity contribution in [2.24, 2.45) is 11.8 Å². The molecule has 0 saturated heterocycles. The average Bonchev–Trinajstić information content (AvgIpc) is 3.43. The molecule has 1 fully saturated rings. The Kier molecular flexibility index (Phi) is 5.36. The quantitative estimate of drug-likeness (QED) is 0.820. The second-order valence-corrected chi connectivity index (χ2v) is 6.74. The van der Waals surface area contributed by atoms with Crippen LogP contribution in [0, 0.1) is 17.7 Å². The molecule has 2 amide bonds. The van der Waals surface area contributed by atoms with Crippen LogP contribution in [-0.2, 0) is 9.53 Å². The van der Waals surface area contributed by atoms with Gasteiger partial charge in [-0.3, -0.25) is 10.1 Å². The van der Waals surface area contributed by atoms with Crippen LogP contribution in [0.4, 0.5) is 14.9 Å². The minimum absolute atomic E-state index is 0.00454. The van der Waals surface area contributed by atoms with E-state index in [0.717, 1.165) is 24.3 Å². The largest absolute Gasteiger partial charge is 0.453 e. The van der Waals surface area contributed by atoms with Gasteiger partial charge in [0.15, 0.2) is 0 Å². The van der Waals surface area contributed by atoms with Gasteiger partial charge in [0.05, 0.1) is 12.8 Å². The highest BCUT2D eigenvalue weighted by atomic mass is 19.1. The van der Waals surface area contributed by atoms with Gasteiger partial charge in [-0.15, -0.1) is 0 Å². The fraction of sp³-hybridized carbons (Fsp3) is 0.474. The van der Waals surface area contributed by atoms with Gasteiger partial charge in [-0.25, -0.2) is 9.18 Å². The second kappa shape index (κ2) is 7.68. The molecule has 1 heterocycles. The summed E-state index contributed by atoms with van der Waals surface area (Å²) < 4.78 is 18.6. The molecule has 6 heteroatoms. The molecule has 3 rings (SSSR count). The Hall–Kier alpha value is -2.37. The summed E-state index contributed by atoms with van der Waals surface area (Å²) in [6.07, 6.45) is 8.01. The van der Waals surface area contributed by atoms with Crippen LogP contribution in [0.15, 0.2) is 30.5 Å². The topological polar surface area (TPSA) is 67.4 Å². The third-order valence-electron chi connectivity index (χ3n) is 4.98. The maximum Gasteiger partial charge on any atom is 0.411 e. The molecule has 1 aromatic carbocycles. The third kappa shape index (κ3) is 4.38. The van der Waals surface area contributed by atoms with Crippen LogP contribution >= 0.6 is 0 Å². The molecule has 2 unspecified atom stereocenters. The number of halogens is 1. The van der Waals surface area contributed by atoms with Gasteiger partial charge in [-0.05, 0) is 55.0 Å². The van der Waals surface area contributed by atoms with Crippen molar-refractivity contribution in [3.63, 3.8) is 0 Å². The molecule has 1 aliphatic carbocycles. The molecule has 2 atom stereocenters. The summed E-state index contributed by atoms with van der Waals surface area (Å²) in [5.41, 5.74) is 0.941. The van der Waals surface area contributed by atoms with Crippen LogP contribution in [0.25, 0.3) is 0 Å². The van der Waals surface area contributed by atoms with Crippen LogP contribution in [-0.4, -0.2) is 19.1 Å². The van der Waals surface area contributed by atoms with Gasteiger partial charge < -0.3 is 10.1 Å². The first kappa shape index (κ1) is 17.5. The third-order valence-corrected chi connectivity index (χ3v) is 4.98. The van der Waals surface area contributed by atoms with Crippen LogP contribution in [0.3, 0.4) is 0 Å². The van der Waals surface area contributed by atoms with Crippen LogP contribution in [0.2, 0.25) is 0 Å². The van der Waals surface area contributed by atoms with Gasteiger partial charge in [0, 0.05) is 5.92 Å². The Morgan fingerprint density at radius 1 is 1.44 bits per heavy atom. The first-order valence-corrected chi connectivity index (χ1v) is 8.68. The number of rotatable bonds is 6. The van der Waals surface area contributed by atoms with Crippen molar-refractivity contribution in [3.05, 3.63) is 41.9 Å². The number of allylic oxidation sites excluding steroid dienone is 1. The van der Waals surface area contributed by atoms with E-state index in [1.54, 1.807) is 18.3 Å². The molecule has 2 N–H and O–H groups in total. The summed E-state index contributed by atoms with van der Waals surface area (Å²) in [6.45, 7) is 0. The molecular formula is C19H23FN2O3. The zero-order valence-electron chi connectivity index (χ0n) is 14.3. The first-order chi connectivity index (χ1) is 12.1. The van der Waals surface area contributed by atoms with Crippen molar-refractivity contribution >= 4 is 17.7 Å². The highest BCUT2D eigenvalue weighted by Gasteiger charge is 2.32. The molecule has 0 spiro atoms. The summed E-state index contributed by atoms with van der Waals surface area (Å²) in [5, 5.41) is 5.17. The highest BCUT2D eigenvalue weighted by Crippen LogP contribution is 2.40. The molecule has 0 radical (unpaired) electrons. The smallest absolute Gasteiger partial charge is 0.411 e. The van der Waals surface area contributed by atoms with Crippen molar-refractivity contribution in [2.45, 2.75) is 38.0 Å². The lowest BCUT2D eigenvalue weighted by Crippen LogP contribution is -2.33. The van der Waals surface area contributed by atoms with E-state index in [2.05, 4.69) is 15.4 Å². The SMILES string of the molecule is COC(=O)Nc1cc(C(CCC2CC2)C2CC=CNC2=O)ccc1F. The van der Waals surface area contributed by atoms with E-state index in [0.29, 0.717) is 6.42 Å². The van der Waals surface area contributed by atoms with E-state index < -0.39 is 11.9 Å². The molecule has 134 valence electrons.